The zero-order valence-corrected chi connectivity index (χ0v) is 6.69. The fraction of sp³-hybridized carbons (Fsp3) is 0.200. The highest BCUT2D eigenvalue weighted by Gasteiger charge is 2.20. The van der Waals surface area contributed by atoms with Gasteiger partial charge < -0.3 is 9.47 Å². The molecular formula is C10H10O2. The van der Waals surface area contributed by atoms with Crippen molar-refractivity contribution < 1.29 is 9.47 Å². The average Bonchev–Trinajstić information content (AvgIpc) is 2.54. The lowest BCUT2D eigenvalue weighted by atomic mass is 10.2. The zero-order chi connectivity index (χ0) is 8.39. The first kappa shape index (κ1) is 7.37. The van der Waals surface area contributed by atoms with Crippen LogP contribution in [0, 0.1) is 0 Å². The van der Waals surface area contributed by atoms with Gasteiger partial charge in [-0.1, -0.05) is 36.9 Å². The minimum absolute atomic E-state index is 0.251. The summed E-state index contributed by atoms with van der Waals surface area (Å²) in [5, 5.41) is 0. The summed E-state index contributed by atoms with van der Waals surface area (Å²) in [7, 11) is 0. The van der Waals surface area contributed by atoms with Crippen molar-refractivity contribution in [1.29, 1.82) is 0 Å². The third-order valence-corrected chi connectivity index (χ3v) is 1.74. The highest BCUT2D eigenvalue weighted by molar-refractivity contribution is 5.17. The van der Waals surface area contributed by atoms with E-state index in [0.717, 1.165) is 5.56 Å². The van der Waals surface area contributed by atoms with Gasteiger partial charge >= 0.3 is 0 Å². The molecule has 1 unspecified atom stereocenters. The Bertz CT molecular complexity index is 279. The molecule has 1 heterocycles. The SMILES string of the molecule is C=C1COC(c2ccccc2)O1. The van der Waals surface area contributed by atoms with Gasteiger partial charge in [0.25, 0.3) is 0 Å². The van der Waals surface area contributed by atoms with Gasteiger partial charge in [0.1, 0.15) is 12.4 Å². The molecule has 2 rings (SSSR count). The van der Waals surface area contributed by atoms with Gasteiger partial charge in [-0.25, -0.2) is 0 Å². The smallest absolute Gasteiger partial charge is 0.226 e. The van der Waals surface area contributed by atoms with E-state index in [4.69, 9.17) is 9.47 Å². The molecule has 0 bridgehead atoms. The largest absolute Gasteiger partial charge is 0.463 e. The predicted octanol–water partition coefficient (Wildman–Crippen LogP) is 2.25. The molecule has 1 aromatic rings. The summed E-state index contributed by atoms with van der Waals surface area (Å²) in [6, 6.07) is 9.84. The summed E-state index contributed by atoms with van der Waals surface area (Å²) in [6.07, 6.45) is -0.251. The molecule has 12 heavy (non-hydrogen) atoms. The van der Waals surface area contributed by atoms with Crippen molar-refractivity contribution >= 4 is 0 Å². The van der Waals surface area contributed by atoms with Crippen LogP contribution >= 0.6 is 0 Å². The van der Waals surface area contributed by atoms with Crippen molar-refractivity contribution in [1.82, 2.24) is 0 Å². The van der Waals surface area contributed by atoms with Crippen LogP contribution in [0.15, 0.2) is 42.7 Å². The molecule has 0 aliphatic carbocycles. The summed E-state index contributed by atoms with van der Waals surface area (Å²) in [5.74, 6) is 0.698. The average molecular weight is 162 g/mol. The molecule has 0 amide bonds. The molecular weight excluding hydrogens is 152 g/mol. The van der Waals surface area contributed by atoms with E-state index in [-0.39, 0.29) is 6.29 Å². The van der Waals surface area contributed by atoms with Gasteiger partial charge in [0.05, 0.1) is 0 Å². The highest BCUT2D eigenvalue weighted by Crippen LogP contribution is 2.27. The normalized spacial score (nSPS) is 22.3. The second-order valence-corrected chi connectivity index (χ2v) is 2.71. The fourth-order valence-corrected chi connectivity index (χ4v) is 1.16. The second kappa shape index (κ2) is 2.99. The minimum Gasteiger partial charge on any atom is -0.463 e. The van der Waals surface area contributed by atoms with Gasteiger partial charge in [-0.05, 0) is 0 Å². The maximum Gasteiger partial charge on any atom is 0.226 e. The maximum atomic E-state index is 5.33. The van der Waals surface area contributed by atoms with E-state index in [1.165, 1.54) is 0 Å². The van der Waals surface area contributed by atoms with E-state index in [0.29, 0.717) is 12.4 Å². The molecule has 1 fully saturated rings. The lowest BCUT2D eigenvalue weighted by Gasteiger charge is -2.08. The van der Waals surface area contributed by atoms with Crippen LogP contribution in [0.1, 0.15) is 11.9 Å². The molecule has 1 saturated heterocycles. The van der Waals surface area contributed by atoms with E-state index in [2.05, 4.69) is 6.58 Å². The fourth-order valence-electron chi connectivity index (χ4n) is 1.16. The first-order chi connectivity index (χ1) is 5.86. The van der Waals surface area contributed by atoms with Gasteiger partial charge in [0, 0.05) is 5.56 Å². The molecule has 1 aliphatic rings. The number of ether oxygens (including phenoxy) is 2. The highest BCUT2D eigenvalue weighted by atomic mass is 16.7. The molecule has 2 heteroatoms. The van der Waals surface area contributed by atoms with Gasteiger partial charge in [-0.15, -0.1) is 0 Å². The van der Waals surface area contributed by atoms with Gasteiger partial charge in [-0.2, -0.15) is 0 Å². The number of rotatable bonds is 1. The Hall–Kier alpha value is -1.28. The molecule has 0 radical (unpaired) electrons. The molecule has 2 nitrogen and oxygen atoms in total. The Morgan fingerprint density at radius 2 is 2.00 bits per heavy atom. The van der Waals surface area contributed by atoms with Crippen molar-refractivity contribution in [3.05, 3.63) is 48.2 Å². The third kappa shape index (κ3) is 1.34. The van der Waals surface area contributed by atoms with E-state index < -0.39 is 0 Å². The van der Waals surface area contributed by atoms with E-state index in [1.807, 2.05) is 30.3 Å². The molecule has 1 aliphatic heterocycles. The standard InChI is InChI=1S/C10H10O2/c1-8-7-11-10(12-8)9-5-3-2-4-6-9/h2-6,10H,1,7H2. The van der Waals surface area contributed by atoms with Gasteiger partial charge in [0.15, 0.2) is 0 Å². The summed E-state index contributed by atoms with van der Waals surface area (Å²) < 4.78 is 10.7. The Morgan fingerprint density at radius 3 is 2.58 bits per heavy atom. The molecule has 0 aromatic heterocycles. The van der Waals surface area contributed by atoms with Crippen LogP contribution in [0.2, 0.25) is 0 Å². The Kier molecular flexibility index (Phi) is 1.84. The van der Waals surface area contributed by atoms with Crippen molar-refractivity contribution in [3.8, 4) is 0 Å². The van der Waals surface area contributed by atoms with Crippen LogP contribution in [0.5, 0.6) is 0 Å². The molecule has 0 saturated carbocycles. The second-order valence-electron chi connectivity index (χ2n) is 2.71. The lowest BCUT2D eigenvalue weighted by Crippen LogP contribution is -1.96. The van der Waals surface area contributed by atoms with E-state index >= 15 is 0 Å². The number of benzene rings is 1. The first-order valence-corrected chi connectivity index (χ1v) is 3.87. The Labute approximate surface area is 71.4 Å². The van der Waals surface area contributed by atoms with Gasteiger partial charge in [-0.3, -0.25) is 0 Å². The molecule has 1 atom stereocenters. The zero-order valence-electron chi connectivity index (χ0n) is 6.69. The van der Waals surface area contributed by atoms with Crippen molar-refractivity contribution in [2.45, 2.75) is 6.29 Å². The topological polar surface area (TPSA) is 18.5 Å². The summed E-state index contributed by atoms with van der Waals surface area (Å²) in [6.45, 7) is 4.18. The Balaban J connectivity index is 2.16. The van der Waals surface area contributed by atoms with E-state index in [1.54, 1.807) is 0 Å². The number of hydrogen-bond acceptors (Lipinski definition) is 2. The predicted molar refractivity (Wildman–Crippen MR) is 45.4 cm³/mol. The quantitative estimate of drug-likeness (QED) is 0.630. The third-order valence-electron chi connectivity index (χ3n) is 1.74. The van der Waals surface area contributed by atoms with Crippen molar-refractivity contribution in [2.24, 2.45) is 0 Å². The molecule has 1 aromatic carbocycles. The van der Waals surface area contributed by atoms with Crippen LogP contribution in [0.25, 0.3) is 0 Å². The number of hydrogen-bond donors (Lipinski definition) is 0. The van der Waals surface area contributed by atoms with Crippen LogP contribution in [0.4, 0.5) is 0 Å². The summed E-state index contributed by atoms with van der Waals surface area (Å²) in [4.78, 5) is 0. The van der Waals surface area contributed by atoms with Crippen LogP contribution < -0.4 is 0 Å². The van der Waals surface area contributed by atoms with Gasteiger partial charge in [0.2, 0.25) is 6.29 Å². The molecule has 0 N–H and O–H groups in total. The Morgan fingerprint density at radius 1 is 1.25 bits per heavy atom. The van der Waals surface area contributed by atoms with Crippen molar-refractivity contribution in [3.63, 3.8) is 0 Å². The van der Waals surface area contributed by atoms with Crippen LogP contribution in [0.3, 0.4) is 0 Å². The first-order valence-electron chi connectivity index (χ1n) is 3.87. The monoisotopic (exact) mass is 162 g/mol. The van der Waals surface area contributed by atoms with Crippen molar-refractivity contribution in [2.75, 3.05) is 6.61 Å². The van der Waals surface area contributed by atoms with E-state index in [9.17, 15) is 0 Å². The minimum atomic E-state index is -0.251. The van der Waals surface area contributed by atoms with Crippen LogP contribution in [-0.2, 0) is 9.47 Å². The maximum absolute atomic E-state index is 5.33. The molecule has 0 spiro atoms. The lowest BCUT2D eigenvalue weighted by molar-refractivity contribution is -0.0339. The summed E-state index contributed by atoms with van der Waals surface area (Å²) in [5.41, 5.74) is 1.04. The summed E-state index contributed by atoms with van der Waals surface area (Å²) >= 11 is 0. The van der Waals surface area contributed by atoms with Crippen LogP contribution in [-0.4, -0.2) is 6.61 Å². The molecule has 62 valence electrons.